The third-order valence-electron chi connectivity index (χ3n) is 5.57. The van der Waals surface area contributed by atoms with Crippen molar-refractivity contribution < 1.29 is 9.84 Å². The lowest BCUT2D eigenvalue weighted by Gasteiger charge is -2.35. The fourth-order valence-corrected chi connectivity index (χ4v) is 4.61. The molecule has 2 aliphatic rings. The summed E-state index contributed by atoms with van der Waals surface area (Å²) in [4.78, 5) is 0. The maximum absolute atomic E-state index is 10.7. The summed E-state index contributed by atoms with van der Waals surface area (Å²) in [5.74, 6) is 1.21. The highest BCUT2D eigenvalue weighted by Gasteiger charge is 2.38. The number of hydrogen-bond donors (Lipinski definition) is 1. The zero-order valence-electron chi connectivity index (χ0n) is 15.4. The van der Waals surface area contributed by atoms with Crippen LogP contribution in [0.4, 0.5) is 0 Å². The van der Waals surface area contributed by atoms with E-state index in [4.69, 9.17) is 16.3 Å². The first kappa shape index (κ1) is 17.5. The number of hydrogen-bond acceptors (Lipinski definition) is 2. The Labute approximate surface area is 160 Å². The summed E-state index contributed by atoms with van der Waals surface area (Å²) in [7, 11) is 0. The van der Waals surface area contributed by atoms with Gasteiger partial charge < -0.3 is 9.84 Å². The number of fused-ring (bicyclic) bond motifs is 2. The summed E-state index contributed by atoms with van der Waals surface area (Å²) in [5, 5.41) is 11.5. The molecule has 0 spiro atoms. The van der Waals surface area contributed by atoms with Crippen molar-refractivity contribution in [2.45, 2.75) is 58.0 Å². The number of rotatable bonds is 4. The van der Waals surface area contributed by atoms with Crippen molar-refractivity contribution in [3.8, 4) is 11.5 Å². The third kappa shape index (κ3) is 3.23. The number of halogens is 1. The number of ether oxygens (including phenoxy) is 1. The molecule has 2 aromatic rings. The smallest absolute Gasteiger partial charge is 0.132 e. The standard InChI is InChI=1S/C23H25ClO2/c1-23(2)19-11-5-10-18(19)22-20(25)13-16(14-21(22)26-23)8-3-6-15-7-4-9-17(24)12-15/h4,7,9,12-14,25H,3,5-6,8,10-11H2,1-2H3. The minimum absolute atomic E-state index is 0.273. The minimum Gasteiger partial charge on any atom is -0.507 e. The Hall–Kier alpha value is -1.93. The van der Waals surface area contributed by atoms with E-state index in [1.54, 1.807) is 0 Å². The van der Waals surface area contributed by atoms with Gasteiger partial charge >= 0.3 is 0 Å². The van der Waals surface area contributed by atoms with Crippen LogP contribution < -0.4 is 4.74 Å². The number of aromatic hydroxyl groups is 1. The molecular formula is C23H25ClO2. The summed E-state index contributed by atoms with van der Waals surface area (Å²) in [5.41, 5.74) is 5.69. The first-order valence-electron chi connectivity index (χ1n) is 9.46. The normalized spacial score (nSPS) is 17.7. The lowest BCUT2D eigenvalue weighted by Crippen LogP contribution is -2.33. The monoisotopic (exact) mass is 368 g/mol. The highest BCUT2D eigenvalue weighted by molar-refractivity contribution is 6.30. The van der Waals surface area contributed by atoms with Gasteiger partial charge in [0.05, 0.1) is 5.56 Å². The van der Waals surface area contributed by atoms with Crippen LogP contribution in [-0.4, -0.2) is 10.7 Å². The number of allylic oxidation sites excluding steroid dienone is 1. The Kier molecular flexibility index (Phi) is 4.48. The van der Waals surface area contributed by atoms with Crippen molar-refractivity contribution in [3.05, 3.63) is 63.7 Å². The van der Waals surface area contributed by atoms with Gasteiger partial charge in [-0.05, 0) is 98.9 Å². The van der Waals surface area contributed by atoms with Crippen LogP contribution in [0.25, 0.3) is 5.57 Å². The van der Waals surface area contributed by atoms with E-state index in [1.165, 1.54) is 16.7 Å². The zero-order valence-corrected chi connectivity index (χ0v) is 16.2. The number of phenols is 1. The minimum atomic E-state index is -0.273. The molecule has 1 aliphatic heterocycles. The SMILES string of the molecule is CC1(C)Oc2cc(CCCc3cccc(Cl)c3)cc(O)c2C2=C1CCC2. The van der Waals surface area contributed by atoms with Gasteiger partial charge in [0.15, 0.2) is 0 Å². The molecule has 1 N–H and O–H groups in total. The molecule has 4 rings (SSSR count). The second-order valence-electron chi connectivity index (χ2n) is 7.89. The van der Waals surface area contributed by atoms with Crippen molar-refractivity contribution in [1.29, 1.82) is 0 Å². The van der Waals surface area contributed by atoms with Gasteiger partial charge in [0.1, 0.15) is 17.1 Å². The molecule has 0 bridgehead atoms. The molecule has 0 atom stereocenters. The van der Waals surface area contributed by atoms with Crippen molar-refractivity contribution >= 4 is 17.2 Å². The molecule has 1 aliphatic carbocycles. The van der Waals surface area contributed by atoms with Crippen molar-refractivity contribution in [1.82, 2.24) is 0 Å². The summed E-state index contributed by atoms with van der Waals surface area (Å²) in [6, 6.07) is 12.1. The van der Waals surface area contributed by atoms with Crippen LogP contribution in [0.3, 0.4) is 0 Å². The topological polar surface area (TPSA) is 29.5 Å². The van der Waals surface area contributed by atoms with Crippen molar-refractivity contribution in [2.75, 3.05) is 0 Å². The molecular weight excluding hydrogens is 344 g/mol. The van der Waals surface area contributed by atoms with E-state index in [2.05, 4.69) is 26.0 Å². The van der Waals surface area contributed by atoms with E-state index >= 15 is 0 Å². The average molecular weight is 369 g/mol. The van der Waals surface area contributed by atoms with Gasteiger partial charge in [0, 0.05) is 5.02 Å². The second-order valence-corrected chi connectivity index (χ2v) is 8.33. The van der Waals surface area contributed by atoms with E-state index in [9.17, 15) is 5.11 Å². The lowest BCUT2D eigenvalue weighted by molar-refractivity contribution is 0.141. The van der Waals surface area contributed by atoms with E-state index in [0.29, 0.717) is 5.75 Å². The quantitative estimate of drug-likeness (QED) is 0.683. The maximum atomic E-state index is 10.7. The second kappa shape index (κ2) is 6.66. The van der Waals surface area contributed by atoms with Gasteiger partial charge in [-0.2, -0.15) is 0 Å². The molecule has 0 radical (unpaired) electrons. The predicted molar refractivity (Wildman–Crippen MR) is 107 cm³/mol. The zero-order chi connectivity index (χ0) is 18.3. The van der Waals surface area contributed by atoms with Crippen LogP contribution in [0, 0.1) is 0 Å². The molecule has 2 nitrogen and oxygen atoms in total. The summed E-state index contributed by atoms with van der Waals surface area (Å²) in [6.45, 7) is 4.28. The number of phenolic OH excluding ortho intramolecular Hbond substituents is 1. The van der Waals surface area contributed by atoms with E-state index in [-0.39, 0.29) is 5.60 Å². The third-order valence-corrected chi connectivity index (χ3v) is 5.81. The molecule has 136 valence electrons. The molecule has 1 heterocycles. The fraction of sp³-hybridized carbons (Fsp3) is 0.391. The van der Waals surface area contributed by atoms with Gasteiger partial charge in [-0.15, -0.1) is 0 Å². The van der Waals surface area contributed by atoms with Crippen LogP contribution in [-0.2, 0) is 12.8 Å². The largest absolute Gasteiger partial charge is 0.507 e. The van der Waals surface area contributed by atoms with Crippen LogP contribution in [0.5, 0.6) is 11.5 Å². The fourth-order valence-electron chi connectivity index (χ4n) is 4.39. The highest BCUT2D eigenvalue weighted by Crippen LogP contribution is 2.51. The Bertz CT molecular complexity index is 880. The first-order valence-corrected chi connectivity index (χ1v) is 9.84. The first-order chi connectivity index (χ1) is 12.4. The Morgan fingerprint density at radius 3 is 2.69 bits per heavy atom. The molecule has 0 saturated heterocycles. The van der Waals surface area contributed by atoms with Gasteiger partial charge in [-0.25, -0.2) is 0 Å². The van der Waals surface area contributed by atoms with Crippen LogP contribution in [0.1, 0.15) is 56.2 Å². The van der Waals surface area contributed by atoms with E-state index in [1.807, 2.05) is 24.3 Å². The molecule has 0 aromatic heterocycles. The van der Waals surface area contributed by atoms with Gasteiger partial charge in [0.25, 0.3) is 0 Å². The summed E-state index contributed by atoms with van der Waals surface area (Å²) >= 11 is 6.06. The molecule has 0 fully saturated rings. The van der Waals surface area contributed by atoms with Gasteiger partial charge in [-0.3, -0.25) is 0 Å². The number of aryl methyl sites for hydroxylation is 2. The predicted octanol–water partition coefficient (Wildman–Crippen LogP) is 6.33. The van der Waals surface area contributed by atoms with Crippen LogP contribution >= 0.6 is 11.6 Å². The molecule has 3 heteroatoms. The van der Waals surface area contributed by atoms with E-state index < -0.39 is 0 Å². The molecule has 0 amide bonds. The number of benzene rings is 2. The van der Waals surface area contributed by atoms with Crippen LogP contribution in [0.2, 0.25) is 5.02 Å². The maximum Gasteiger partial charge on any atom is 0.132 e. The Morgan fingerprint density at radius 2 is 1.88 bits per heavy atom. The summed E-state index contributed by atoms with van der Waals surface area (Å²) in [6.07, 6.45) is 6.15. The highest BCUT2D eigenvalue weighted by atomic mass is 35.5. The molecule has 0 saturated carbocycles. The lowest BCUT2D eigenvalue weighted by atomic mass is 9.86. The van der Waals surface area contributed by atoms with Gasteiger partial charge in [-0.1, -0.05) is 23.7 Å². The Morgan fingerprint density at radius 1 is 1.08 bits per heavy atom. The van der Waals surface area contributed by atoms with E-state index in [0.717, 1.165) is 60.4 Å². The average Bonchev–Trinajstić information content (AvgIpc) is 3.05. The van der Waals surface area contributed by atoms with Crippen molar-refractivity contribution in [3.63, 3.8) is 0 Å². The van der Waals surface area contributed by atoms with Crippen molar-refractivity contribution in [2.24, 2.45) is 0 Å². The summed E-state index contributed by atoms with van der Waals surface area (Å²) < 4.78 is 6.30. The molecule has 0 unspecified atom stereocenters. The molecule has 26 heavy (non-hydrogen) atoms. The van der Waals surface area contributed by atoms with Gasteiger partial charge in [0.2, 0.25) is 0 Å². The Balaban J connectivity index is 1.54. The molecule has 2 aromatic carbocycles. The van der Waals surface area contributed by atoms with Crippen LogP contribution in [0.15, 0.2) is 42.0 Å².